The van der Waals surface area contributed by atoms with Gasteiger partial charge in [-0.2, -0.15) is 0 Å². The van der Waals surface area contributed by atoms with Crippen LogP contribution in [0.4, 0.5) is 0 Å². The average Bonchev–Trinajstić information content (AvgIpc) is 2.75. The van der Waals surface area contributed by atoms with E-state index in [0.717, 1.165) is 38.5 Å². The van der Waals surface area contributed by atoms with Gasteiger partial charge < -0.3 is 37.2 Å². The van der Waals surface area contributed by atoms with E-state index >= 15 is 0 Å². The van der Waals surface area contributed by atoms with E-state index in [4.69, 9.17) is 0 Å². The summed E-state index contributed by atoms with van der Waals surface area (Å²) in [5.74, 6) is 0. The van der Waals surface area contributed by atoms with Crippen LogP contribution in [0.1, 0.15) is 149 Å². The van der Waals surface area contributed by atoms with E-state index < -0.39 is 0 Å². The third-order valence-corrected chi connectivity index (χ3v) is 8.32. The second kappa shape index (κ2) is 23.1. The highest BCUT2D eigenvalue weighted by Gasteiger charge is 2.19. The summed E-state index contributed by atoms with van der Waals surface area (Å²) in [5.41, 5.74) is 0. The molecule has 0 aliphatic rings. The van der Waals surface area contributed by atoms with Crippen LogP contribution in [0.3, 0.4) is 0 Å². The van der Waals surface area contributed by atoms with Gasteiger partial charge in [0.2, 0.25) is 0 Å². The topological polar surface area (TPSA) is 84.2 Å². The van der Waals surface area contributed by atoms with Crippen molar-refractivity contribution in [1.82, 2.24) is 37.2 Å². The van der Waals surface area contributed by atoms with Gasteiger partial charge in [-0.1, -0.05) is 27.7 Å². The second-order valence-electron chi connectivity index (χ2n) is 15.7. The minimum atomic E-state index is 0.484. The van der Waals surface area contributed by atoms with Crippen LogP contribution in [0.25, 0.3) is 0 Å². The first-order chi connectivity index (χ1) is 19.9. The lowest BCUT2D eigenvalue weighted by atomic mass is 10.0. The van der Waals surface area contributed by atoms with Gasteiger partial charge >= 0.3 is 0 Å². The number of hydrogen-bond donors (Lipinski definition) is 7. The lowest BCUT2D eigenvalue weighted by Gasteiger charge is -2.30. The van der Waals surface area contributed by atoms with Crippen molar-refractivity contribution in [2.45, 2.75) is 234 Å². The number of rotatable bonds is 26. The quantitative estimate of drug-likeness (QED) is 0.0653. The SMILES string of the molecule is CC(C)NC(C)CC(C)NC(C)CC(C)NC(C)CC(C)NC(C)CC(C)NC(C)CC(C)NC(C)CC(C)NC(C)C. The van der Waals surface area contributed by atoms with Crippen LogP contribution in [-0.4, -0.2) is 84.6 Å². The molecule has 0 aromatic rings. The molecule has 0 spiro atoms. The fraction of sp³-hybridized carbons (Fsp3) is 1.00. The number of hydrogen-bond acceptors (Lipinski definition) is 7. The molecule has 0 aliphatic heterocycles. The highest BCUT2D eigenvalue weighted by molar-refractivity contribution is 4.82. The molecule has 43 heavy (non-hydrogen) atoms. The Labute approximate surface area is 270 Å². The lowest BCUT2D eigenvalue weighted by Crippen LogP contribution is -2.47. The molecule has 0 saturated carbocycles. The third kappa shape index (κ3) is 24.6. The van der Waals surface area contributed by atoms with Gasteiger partial charge in [-0.05, 0) is 122 Å². The summed E-state index contributed by atoms with van der Waals surface area (Å²) < 4.78 is 0. The minimum absolute atomic E-state index is 0.484. The smallest absolute Gasteiger partial charge is 0.00559 e. The fourth-order valence-electron chi connectivity index (χ4n) is 7.57. The van der Waals surface area contributed by atoms with Gasteiger partial charge in [0.1, 0.15) is 0 Å². The summed E-state index contributed by atoms with van der Waals surface area (Å²) in [6.45, 7) is 36.8. The van der Waals surface area contributed by atoms with Gasteiger partial charge in [-0.3, -0.25) is 0 Å². The highest BCUT2D eigenvalue weighted by atomic mass is 15.0. The third-order valence-electron chi connectivity index (χ3n) is 8.32. The molecule has 0 fully saturated rings. The van der Waals surface area contributed by atoms with Crippen molar-refractivity contribution in [3.05, 3.63) is 0 Å². The van der Waals surface area contributed by atoms with Crippen molar-refractivity contribution in [1.29, 1.82) is 0 Å². The predicted octanol–water partition coefficient (Wildman–Crippen LogP) is 5.93. The summed E-state index contributed by atoms with van der Waals surface area (Å²) in [6, 6.07) is 7.11. The second-order valence-corrected chi connectivity index (χ2v) is 15.7. The van der Waals surface area contributed by atoms with E-state index in [0.29, 0.717) is 84.6 Å². The van der Waals surface area contributed by atoms with E-state index in [9.17, 15) is 0 Å². The summed E-state index contributed by atoms with van der Waals surface area (Å²) in [7, 11) is 0. The van der Waals surface area contributed by atoms with Crippen molar-refractivity contribution >= 4 is 0 Å². The number of nitrogens with one attached hydrogen (secondary N) is 7. The molecule has 12 unspecified atom stereocenters. The van der Waals surface area contributed by atoms with E-state index in [1.807, 2.05) is 0 Å². The van der Waals surface area contributed by atoms with Crippen LogP contribution >= 0.6 is 0 Å². The van der Waals surface area contributed by atoms with Gasteiger partial charge in [0.25, 0.3) is 0 Å². The Hall–Kier alpha value is -0.280. The molecular weight excluding hydrogens is 530 g/mol. The van der Waals surface area contributed by atoms with Crippen molar-refractivity contribution < 1.29 is 0 Å². The Balaban J connectivity index is 4.30. The molecule has 0 aromatic carbocycles. The zero-order valence-corrected chi connectivity index (χ0v) is 31.8. The van der Waals surface area contributed by atoms with Crippen LogP contribution in [0, 0.1) is 0 Å². The first kappa shape index (κ1) is 42.7. The molecule has 7 N–H and O–H groups in total. The molecule has 260 valence electrons. The van der Waals surface area contributed by atoms with E-state index in [1.165, 1.54) is 0 Å². The van der Waals surface area contributed by atoms with E-state index in [2.05, 4.69) is 148 Å². The van der Waals surface area contributed by atoms with Crippen LogP contribution in [0.15, 0.2) is 0 Å². The maximum Gasteiger partial charge on any atom is 0.00559 e. The maximum absolute atomic E-state index is 3.87. The summed E-state index contributed by atoms with van der Waals surface area (Å²) in [5, 5.41) is 26.4. The van der Waals surface area contributed by atoms with Crippen molar-refractivity contribution in [3.63, 3.8) is 0 Å². The molecule has 0 radical (unpaired) electrons. The van der Waals surface area contributed by atoms with Crippen LogP contribution in [0.2, 0.25) is 0 Å². The zero-order chi connectivity index (χ0) is 33.3. The Bertz CT molecular complexity index is 606. The van der Waals surface area contributed by atoms with E-state index in [1.54, 1.807) is 0 Å². The molecule has 0 heterocycles. The summed E-state index contributed by atoms with van der Waals surface area (Å²) in [6.07, 6.45) is 6.86. The average molecular weight is 612 g/mol. The van der Waals surface area contributed by atoms with Gasteiger partial charge in [0.15, 0.2) is 0 Å². The first-order valence-corrected chi connectivity index (χ1v) is 18.2. The standard InChI is InChI=1S/C36H81N7/c1-23(2)37-25(5)17-27(7)39-29(9)19-31(11)41-33(13)21-35(15)43-36(16)22-34(14)42-32(12)20-30(10)40-28(8)18-26(6)38-24(3)4/h23-43H,17-22H2,1-16H3. The minimum Gasteiger partial charge on any atom is -0.312 e. The first-order valence-electron chi connectivity index (χ1n) is 18.2. The van der Waals surface area contributed by atoms with Crippen LogP contribution in [-0.2, 0) is 0 Å². The largest absolute Gasteiger partial charge is 0.312 e. The predicted molar refractivity (Wildman–Crippen MR) is 193 cm³/mol. The Kier molecular flexibility index (Phi) is 23.0. The summed E-state index contributed by atoms with van der Waals surface area (Å²) >= 11 is 0. The van der Waals surface area contributed by atoms with Gasteiger partial charge in [0, 0.05) is 84.6 Å². The molecule has 0 aliphatic carbocycles. The van der Waals surface area contributed by atoms with Crippen molar-refractivity contribution in [3.8, 4) is 0 Å². The Morgan fingerprint density at radius 3 is 0.442 bits per heavy atom. The van der Waals surface area contributed by atoms with Gasteiger partial charge in [-0.25, -0.2) is 0 Å². The van der Waals surface area contributed by atoms with Crippen LogP contribution < -0.4 is 37.2 Å². The van der Waals surface area contributed by atoms with Gasteiger partial charge in [-0.15, -0.1) is 0 Å². The van der Waals surface area contributed by atoms with Crippen molar-refractivity contribution in [2.75, 3.05) is 0 Å². The molecule has 0 bridgehead atoms. The molecule has 12 atom stereocenters. The molecule has 0 aromatic heterocycles. The molecular formula is C36H81N7. The monoisotopic (exact) mass is 612 g/mol. The fourth-order valence-corrected chi connectivity index (χ4v) is 7.57. The Morgan fingerprint density at radius 1 is 0.209 bits per heavy atom. The van der Waals surface area contributed by atoms with Crippen molar-refractivity contribution in [2.24, 2.45) is 0 Å². The normalized spacial score (nSPS) is 21.1. The Morgan fingerprint density at radius 2 is 0.326 bits per heavy atom. The highest BCUT2D eigenvalue weighted by Crippen LogP contribution is 2.09. The maximum atomic E-state index is 3.87. The molecule has 0 saturated heterocycles. The van der Waals surface area contributed by atoms with Crippen LogP contribution in [0.5, 0.6) is 0 Å². The lowest BCUT2D eigenvalue weighted by molar-refractivity contribution is 0.313. The molecule has 0 rings (SSSR count). The molecule has 7 nitrogen and oxygen atoms in total. The zero-order valence-electron chi connectivity index (χ0n) is 31.8. The van der Waals surface area contributed by atoms with E-state index in [-0.39, 0.29) is 0 Å². The van der Waals surface area contributed by atoms with Gasteiger partial charge in [0.05, 0.1) is 0 Å². The molecule has 7 heteroatoms. The molecule has 0 amide bonds. The summed E-state index contributed by atoms with van der Waals surface area (Å²) in [4.78, 5) is 0.